The Balaban J connectivity index is 3.06. The quantitative estimate of drug-likeness (QED) is 0.744. The molecule has 0 aliphatic carbocycles. The van der Waals surface area contributed by atoms with Crippen molar-refractivity contribution in [2.75, 3.05) is 20.2 Å². The molecule has 1 aromatic carbocycles. The molecule has 0 N–H and O–H groups in total. The third kappa shape index (κ3) is 4.07. The van der Waals surface area contributed by atoms with E-state index < -0.39 is 5.97 Å². The van der Waals surface area contributed by atoms with Gasteiger partial charge in [-0.2, -0.15) is 0 Å². The Morgan fingerprint density at radius 1 is 1.20 bits per heavy atom. The first kappa shape index (κ1) is 16.7. The summed E-state index contributed by atoms with van der Waals surface area (Å²) in [5.74, 6) is -0.504. The van der Waals surface area contributed by atoms with Crippen molar-refractivity contribution < 1.29 is 14.3 Å². The first-order valence-corrected chi connectivity index (χ1v) is 7.51. The molecule has 0 aliphatic heterocycles. The van der Waals surface area contributed by atoms with E-state index in [9.17, 15) is 9.59 Å². The van der Waals surface area contributed by atoms with Crippen LogP contribution >= 0.6 is 15.9 Å². The summed E-state index contributed by atoms with van der Waals surface area (Å²) >= 11 is 3.29. The lowest BCUT2D eigenvalue weighted by atomic mass is 10.1. The summed E-state index contributed by atoms with van der Waals surface area (Å²) in [4.78, 5) is 25.9. The highest BCUT2D eigenvalue weighted by atomic mass is 79.9. The van der Waals surface area contributed by atoms with Crippen molar-refractivity contribution >= 4 is 27.8 Å². The van der Waals surface area contributed by atoms with Crippen molar-refractivity contribution in [1.29, 1.82) is 0 Å². The summed E-state index contributed by atoms with van der Waals surface area (Å²) < 4.78 is 5.34. The van der Waals surface area contributed by atoms with Crippen molar-refractivity contribution in [2.24, 2.45) is 0 Å². The fraction of sp³-hybridized carbons (Fsp3) is 0.467. The average molecular weight is 342 g/mol. The van der Waals surface area contributed by atoms with Crippen molar-refractivity contribution in [3.63, 3.8) is 0 Å². The highest BCUT2D eigenvalue weighted by molar-refractivity contribution is 9.10. The number of rotatable bonds is 6. The predicted octanol–water partition coefficient (Wildman–Crippen LogP) is 3.50. The number of carbonyl (C=O) groups is 2. The normalized spacial score (nSPS) is 10.2. The van der Waals surface area contributed by atoms with Crippen LogP contribution in [0.2, 0.25) is 0 Å². The number of esters is 1. The summed E-state index contributed by atoms with van der Waals surface area (Å²) in [5, 5.41) is 0. The lowest BCUT2D eigenvalue weighted by molar-refractivity contribution is 0.0599. The van der Waals surface area contributed by atoms with E-state index in [1.54, 1.807) is 18.2 Å². The molecule has 0 saturated carbocycles. The first-order chi connectivity index (χ1) is 9.54. The van der Waals surface area contributed by atoms with E-state index in [0.717, 1.165) is 25.9 Å². The van der Waals surface area contributed by atoms with Gasteiger partial charge in [0.2, 0.25) is 0 Å². The average Bonchev–Trinajstić information content (AvgIpc) is 2.46. The molecule has 0 bridgehead atoms. The topological polar surface area (TPSA) is 46.6 Å². The summed E-state index contributed by atoms with van der Waals surface area (Å²) in [5.41, 5.74) is 0.877. The van der Waals surface area contributed by atoms with Crippen LogP contribution in [0.4, 0.5) is 0 Å². The van der Waals surface area contributed by atoms with Gasteiger partial charge in [-0.05, 0) is 47.0 Å². The van der Waals surface area contributed by atoms with E-state index in [-0.39, 0.29) is 5.91 Å². The zero-order valence-corrected chi connectivity index (χ0v) is 13.7. The number of nitrogens with zero attached hydrogens (tertiary/aromatic N) is 1. The monoisotopic (exact) mass is 341 g/mol. The van der Waals surface area contributed by atoms with Crippen molar-refractivity contribution in [1.82, 2.24) is 4.90 Å². The molecule has 0 atom stereocenters. The van der Waals surface area contributed by atoms with Gasteiger partial charge >= 0.3 is 5.97 Å². The van der Waals surface area contributed by atoms with Crippen LogP contribution < -0.4 is 0 Å². The molecule has 1 rings (SSSR count). The fourth-order valence-corrected chi connectivity index (χ4v) is 2.37. The van der Waals surface area contributed by atoms with Gasteiger partial charge in [0, 0.05) is 23.1 Å². The highest BCUT2D eigenvalue weighted by Crippen LogP contribution is 2.20. The highest BCUT2D eigenvalue weighted by Gasteiger charge is 2.18. The van der Waals surface area contributed by atoms with Gasteiger partial charge in [0.1, 0.15) is 0 Å². The summed E-state index contributed by atoms with van der Waals surface area (Å²) in [7, 11) is 1.32. The van der Waals surface area contributed by atoms with E-state index in [4.69, 9.17) is 4.74 Å². The molecule has 1 amide bonds. The van der Waals surface area contributed by atoms with Crippen molar-refractivity contribution in [2.45, 2.75) is 26.7 Å². The molecule has 0 spiro atoms. The molecule has 0 saturated heterocycles. The second kappa shape index (κ2) is 8.04. The molecule has 20 heavy (non-hydrogen) atoms. The Bertz CT molecular complexity index is 482. The maximum atomic E-state index is 12.5. The second-order valence-corrected chi connectivity index (χ2v) is 5.33. The van der Waals surface area contributed by atoms with Crippen molar-refractivity contribution in [3.05, 3.63) is 33.8 Å². The van der Waals surface area contributed by atoms with Crippen LogP contribution in [0.3, 0.4) is 0 Å². The number of methoxy groups -OCH3 is 1. The number of amides is 1. The van der Waals surface area contributed by atoms with Gasteiger partial charge < -0.3 is 9.64 Å². The Hall–Kier alpha value is -1.36. The number of ether oxygens (including phenoxy) is 1. The number of carbonyl (C=O) groups excluding carboxylic acids is 2. The lowest BCUT2D eigenvalue weighted by Crippen LogP contribution is -2.32. The van der Waals surface area contributed by atoms with Gasteiger partial charge in [-0.15, -0.1) is 0 Å². The molecule has 4 nitrogen and oxygen atoms in total. The second-order valence-electron chi connectivity index (χ2n) is 4.48. The zero-order valence-electron chi connectivity index (χ0n) is 12.1. The zero-order chi connectivity index (χ0) is 15.1. The van der Waals surface area contributed by atoms with E-state index in [0.29, 0.717) is 15.6 Å². The molecule has 5 heteroatoms. The van der Waals surface area contributed by atoms with Gasteiger partial charge in [-0.1, -0.05) is 13.8 Å². The van der Waals surface area contributed by atoms with Gasteiger partial charge in [0.25, 0.3) is 5.91 Å². The lowest BCUT2D eigenvalue weighted by Gasteiger charge is -2.21. The molecule has 0 aliphatic rings. The molecule has 0 heterocycles. The molecule has 0 radical (unpaired) electrons. The minimum Gasteiger partial charge on any atom is -0.465 e. The molecule has 0 fully saturated rings. The minimum absolute atomic E-state index is 0.0497. The van der Waals surface area contributed by atoms with E-state index in [1.165, 1.54) is 7.11 Å². The molecular formula is C15H20BrNO3. The van der Waals surface area contributed by atoms with Crippen LogP contribution in [0.5, 0.6) is 0 Å². The Kier molecular flexibility index (Phi) is 6.71. The van der Waals surface area contributed by atoms with Crippen LogP contribution in [-0.4, -0.2) is 37.0 Å². The maximum Gasteiger partial charge on any atom is 0.339 e. The van der Waals surface area contributed by atoms with Crippen LogP contribution in [0, 0.1) is 0 Å². The standard InChI is InChI=1S/C15H20BrNO3/c1-4-8-17(9-5-2)14(18)11-6-7-13(16)12(10-11)15(19)20-3/h6-7,10H,4-5,8-9H2,1-3H3. The summed E-state index contributed by atoms with van der Waals surface area (Å²) in [6.45, 7) is 5.52. The Labute approximate surface area is 128 Å². The van der Waals surface area contributed by atoms with Gasteiger partial charge in [-0.3, -0.25) is 4.79 Å². The SMILES string of the molecule is CCCN(CCC)C(=O)c1ccc(Br)c(C(=O)OC)c1. The molecule has 110 valence electrons. The Morgan fingerprint density at radius 3 is 2.30 bits per heavy atom. The molecule has 0 unspecified atom stereocenters. The largest absolute Gasteiger partial charge is 0.465 e. The fourth-order valence-electron chi connectivity index (χ4n) is 1.96. The summed E-state index contributed by atoms with van der Waals surface area (Å²) in [6, 6.07) is 5.00. The third-order valence-corrected chi connectivity index (χ3v) is 3.58. The Morgan fingerprint density at radius 2 is 1.80 bits per heavy atom. The van der Waals surface area contributed by atoms with Crippen LogP contribution in [0.1, 0.15) is 47.4 Å². The van der Waals surface area contributed by atoms with E-state index in [2.05, 4.69) is 15.9 Å². The van der Waals surface area contributed by atoms with Crippen LogP contribution in [0.25, 0.3) is 0 Å². The smallest absolute Gasteiger partial charge is 0.339 e. The molecule has 0 aromatic heterocycles. The number of benzene rings is 1. The van der Waals surface area contributed by atoms with Gasteiger partial charge in [0.15, 0.2) is 0 Å². The van der Waals surface area contributed by atoms with Gasteiger partial charge in [-0.25, -0.2) is 4.79 Å². The van der Waals surface area contributed by atoms with Gasteiger partial charge in [0.05, 0.1) is 12.7 Å². The minimum atomic E-state index is -0.455. The molecule has 1 aromatic rings. The van der Waals surface area contributed by atoms with E-state index in [1.807, 2.05) is 18.7 Å². The number of halogens is 1. The summed E-state index contributed by atoms with van der Waals surface area (Å²) in [6.07, 6.45) is 1.82. The number of hydrogen-bond acceptors (Lipinski definition) is 3. The predicted molar refractivity (Wildman–Crippen MR) is 82.0 cm³/mol. The number of hydrogen-bond donors (Lipinski definition) is 0. The first-order valence-electron chi connectivity index (χ1n) is 6.72. The molecular weight excluding hydrogens is 322 g/mol. The van der Waals surface area contributed by atoms with Crippen molar-refractivity contribution in [3.8, 4) is 0 Å². The van der Waals surface area contributed by atoms with Crippen LogP contribution in [-0.2, 0) is 4.74 Å². The van der Waals surface area contributed by atoms with E-state index >= 15 is 0 Å². The van der Waals surface area contributed by atoms with Crippen LogP contribution in [0.15, 0.2) is 22.7 Å². The third-order valence-electron chi connectivity index (χ3n) is 2.89. The maximum absolute atomic E-state index is 12.5.